The highest BCUT2D eigenvalue weighted by Crippen LogP contribution is 2.45. The molecule has 1 fully saturated rings. The van der Waals surface area contributed by atoms with Crippen LogP contribution in [0.5, 0.6) is 11.5 Å². The Balaban J connectivity index is 1.82. The van der Waals surface area contributed by atoms with Crippen LogP contribution in [0.4, 0.5) is 0 Å². The van der Waals surface area contributed by atoms with Gasteiger partial charge in [-0.15, -0.1) is 0 Å². The van der Waals surface area contributed by atoms with Crippen molar-refractivity contribution < 1.29 is 17.9 Å². The maximum atomic E-state index is 13.1. The van der Waals surface area contributed by atoms with Gasteiger partial charge < -0.3 is 14.8 Å². The second kappa shape index (κ2) is 5.79. The lowest BCUT2D eigenvalue weighted by Gasteiger charge is -2.24. The van der Waals surface area contributed by atoms with Gasteiger partial charge in [0.25, 0.3) is 0 Å². The summed E-state index contributed by atoms with van der Waals surface area (Å²) in [7, 11) is -2.14. The summed E-state index contributed by atoms with van der Waals surface area (Å²) in [6.45, 7) is 1.68. The van der Waals surface area contributed by atoms with E-state index in [1.807, 2.05) is 6.07 Å². The molecular formula is C18H19NO4S. The maximum absolute atomic E-state index is 13.1. The minimum absolute atomic E-state index is 0.00964. The van der Waals surface area contributed by atoms with E-state index in [2.05, 4.69) is 5.32 Å². The molecule has 2 aliphatic rings. The summed E-state index contributed by atoms with van der Waals surface area (Å²) < 4.78 is 37.4. The van der Waals surface area contributed by atoms with Crippen molar-refractivity contribution in [1.82, 2.24) is 5.32 Å². The summed E-state index contributed by atoms with van der Waals surface area (Å²) in [6, 6.07) is 11.9. The molecule has 2 aromatic carbocycles. The lowest BCUT2D eigenvalue weighted by molar-refractivity contribution is 0.173. The number of rotatable bonds is 3. The molecule has 2 unspecified atom stereocenters. The van der Waals surface area contributed by atoms with Crippen LogP contribution in [0.25, 0.3) is 0 Å². The van der Waals surface area contributed by atoms with Crippen LogP contribution in [0.3, 0.4) is 0 Å². The van der Waals surface area contributed by atoms with Gasteiger partial charge in [0.2, 0.25) is 9.84 Å². The first-order chi connectivity index (χ1) is 11.6. The SMILES string of the molecule is COc1cccc(S(=O)(=O)c2cccc3c2OC2CNCCC32)c1. The fraction of sp³-hybridized carbons (Fsp3) is 0.333. The number of piperidine rings is 1. The lowest BCUT2D eigenvalue weighted by atomic mass is 9.90. The van der Waals surface area contributed by atoms with Gasteiger partial charge in [0.1, 0.15) is 22.5 Å². The molecule has 6 heteroatoms. The van der Waals surface area contributed by atoms with E-state index in [0.29, 0.717) is 11.5 Å². The van der Waals surface area contributed by atoms with Gasteiger partial charge in [0, 0.05) is 18.0 Å². The van der Waals surface area contributed by atoms with E-state index in [4.69, 9.17) is 9.47 Å². The normalized spacial score (nSPS) is 22.4. The van der Waals surface area contributed by atoms with E-state index in [1.165, 1.54) is 13.2 Å². The molecule has 0 aliphatic carbocycles. The summed E-state index contributed by atoms with van der Waals surface area (Å²) >= 11 is 0. The van der Waals surface area contributed by atoms with E-state index in [1.54, 1.807) is 30.3 Å². The molecule has 126 valence electrons. The number of nitrogens with one attached hydrogen (secondary N) is 1. The Morgan fingerprint density at radius 3 is 2.88 bits per heavy atom. The van der Waals surface area contributed by atoms with E-state index in [0.717, 1.165) is 25.1 Å². The Morgan fingerprint density at radius 1 is 1.21 bits per heavy atom. The van der Waals surface area contributed by atoms with Crippen LogP contribution in [0.15, 0.2) is 52.3 Å². The van der Waals surface area contributed by atoms with Crippen LogP contribution in [-0.4, -0.2) is 34.7 Å². The number of para-hydroxylation sites is 1. The van der Waals surface area contributed by atoms with Gasteiger partial charge in [0.15, 0.2) is 0 Å². The minimum Gasteiger partial charge on any atom is -0.497 e. The first-order valence-electron chi connectivity index (χ1n) is 8.00. The van der Waals surface area contributed by atoms with Gasteiger partial charge in [-0.2, -0.15) is 0 Å². The molecule has 2 atom stereocenters. The second-order valence-electron chi connectivity index (χ2n) is 6.11. The molecule has 5 nitrogen and oxygen atoms in total. The van der Waals surface area contributed by atoms with Gasteiger partial charge in [0.05, 0.1) is 12.0 Å². The van der Waals surface area contributed by atoms with Gasteiger partial charge in [-0.25, -0.2) is 8.42 Å². The molecule has 0 spiro atoms. The van der Waals surface area contributed by atoms with Crippen LogP contribution >= 0.6 is 0 Å². The van der Waals surface area contributed by atoms with Crippen molar-refractivity contribution in [2.75, 3.05) is 20.2 Å². The number of hydrogen-bond acceptors (Lipinski definition) is 5. The number of sulfone groups is 1. The molecule has 2 aliphatic heterocycles. The summed E-state index contributed by atoms with van der Waals surface area (Å²) in [5, 5.41) is 3.30. The average Bonchev–Trinajstić information content (AvgIpc) is 3.00. The molecule has 4 rings (SSSR count). The largest absolute Gasteiger partial charge is 0.497 e. The highest BCUT2D eigenvalue weighted by Gasteiger charge is 2.39. The molecule has 24 heavy (non-hydrogen) atoms. The molecule has 1 saturated heterocycles. The highest BCUT2D eigenvalue weighted by atomic mass is 32.2. The van der Waals surface area contributed by atoms with Crippen molar-refractivity contribution in [3.8, 4) is 11.5 Å². The Morgan fingerprint density at radius 2 is 2.04 bits per heavy atom. The zero-order valence-corrected chi connectivity index (χ0v) is 14.2. The predicted octanol–water partition coefficient (Wildman–Crippen LogP) is 2.37. The van der Waals surface area contributed by atoms with Crippen molar-refractivity contribution in [1.29, 1.82) is 0 Å². The van der Waals surface area contributed by atoms with Crippen molar-refractivity contribution in [3.63, 3.8) is 0 Å². The monoisotopic (exact) mass is 345 g/mol. The number of hydrogen-bond donors (Lipinski definition) is 1. The summed E-state index contributed by atoms with van der Waals surface area (Å²) in [5.74, 6) is 1.29. The van der Waals surface area contributed by atoms with Gasteiger partial charge in [-0.05, 0) is 37.2 Å². The fourth-order valence-corrected chi connectivity index (χ4v) is 4.97. The quantitative estimate of drug-likeness (QED) is 0.925. The molecular weight excluding hydrogens is 326 g/mol. The predicted molar refractivity (Wildman–Crippen MR) is 89.5 cm³/mol. The average molecular weight is 345 g/mol. The lowest BCUT2D eigenvalue weighted by Crippen LogP contribution is -2.39. The molecule has 0 saturated carbocycles. The molecule has 0 aromatic heterocycles. The van der Waals surface area contributed by atoms with E-state index < -0.39 is 9.84 Å². The maximum Gasteiger partial charge on any atom is 0.210 e. The first kappa shape index (κ1) is 15.5. The van der Waals surface area contributed by atoms with Gasteiger partial charge in [-0.1, -0.05) is 18.2 Å². The highest BCUT2D eigenvalue weighted by molar-refractivity contribution is 7.91. The molecule has 0 amide bonds. The first-order valence-corrected chi connectivity index (χ1v) is 9.49. The van der Waals surface area contributed by atoms with Crippen molar-refractivity contribution in [2.45, 2.75) is 28.2 Å². The summed E-state index contributed by atoms with van der Waals surface area (Å²) in [5.41, 5.74) is 1.01. The molecule has 2 heterocycles. The molecule has 1 N–H and O–H groups in total. The van der Waals surface area contributed by atoms with E-state index in [-0.39, 0.29) is 21.8 Å². The zero-order chi connectivity index (χ0) is 16.7. The van der Waals surface area contributed by atoms with Crippen molar-refractivity contribution in [3.05, 3.63) is 48.0 Å². The Hall–Kier alpha value is -2.05. The van der Waals surface area contributed by atoms with Crippen molar-refractivity contribution >= 4 is 9.84 Å². The molecule has 0 bridgehead atoms. The van der Waals surface area contributed by atoms with E-state index in [9.17, 15) is 8.42 Å². The van der Waals surface area contributed by atoms with E-state index >= 15 is 0 Å². The Bertz CT molecular complexity index is 878. The second-order valence-corrected chi connectivity index (χ2v) is 8.03. The van der Waals surface area contributed by atoms with Crippen LogP contribution < -0.4 is 14.8 Å². The fourth-order valence-electron chi connectivity index (χ4n) is 3.52. The van der Waals surface area contributed by atoms with Gasteiger partial charge >= 0.3 is 0 Å². The van der Waals surface area contributed by atoms with Crippen LogP contribution in [-0.2, 0) is 9.84 Å². The Labute approximate surface area is 141 Å². The van der Waals surface area contributed by atoms with Gasteiger partial charge in [-0.3, -0.25) is 0 Å². The number of ether oxygens (including phenoxy) is 2. The summed E-state index contributed by atoms with van der Waals surface area (Å²) in [6.07, 6.45) is 0.968. The number of methoxy groups -OCH3 is 1. The third kappa shape index (κ3) is 2.37. The van der Waals surface area contributed by atoms with Crippen molar-refractivity contribution in [2.24, 2.45) is 0 Å². The third-order valence-electron chi connectivity index (χ3n) is 4.75. The summed E-state index contributed by atoms with van der Waals surface area (Å²) in [4.78, 5) is 0.453. The third-order valence-corrected chi connectivity index (χ3v) is 6.52. The minimum atomic E-state index is -3.67. The molecule has 2 aromatic rings. The number of fused-ring (bicyclic) bond motifs is 3. The number of benzene rings is 2. The van der Waals surface area contributed by atoms with Crippen LogP contribution in [0, 0.1) is 0 Å². The topological polar surface area (TPSA) is 64.6 Å². The Kier molecular flexibility index (Phi) is 3.73. The van der Waals surface area contributed by atoms with Crippen LogP contribution in [0.2, 0.25) is 0 Å². The standard InChI is InChI=1S/C18H19NO4S/c1-22-12-4-2-5-13(10-12)24(20,21)17-7-3-6-15-14-8-9-19-11-16(14)23-18(15)17/h2-7,10,14,16,19H,8-9,11H2,1H3. The smallest absolute Gasteiger partial charge is 0.210 e. The van der Waals surface area contributed by atoms with Crippen LogP contribution in [0.1, 0.15) is 17.9 Å². The zero-order valence-electron chi connectivity index (χ0n) is 13.4. The molecule has 0 radical (unpaired) electrons.